The first-order valence-corrected chi connectivity index (χ1v) is 8.16. The lowest BCUT2D eigenvalue weighted by Gasteiger charge is -2.17. The van der Waals surface area contributed by atoms with Crippen molar-refractivity contribution in [2.75, 3.05) is 0 Å². The predicted octanol–water partition coefficient (Wildman–Crippen LogP) is 0.726. The van der Waals surface area contributed by atoms with E-state index < -0.39 is 23.8 Å². The van der Waals surface area contributed by atoms with Gasteiger partial charge < -0.3 is 36.4 Å². The highest BCUT2D eigenvalue weighted by Crippen LogP contribution is 2.07. The van der Waals surface area contributed by atoms with Crippen molar-refractivity contribution >= 4 is 5.91 Å². The standard InChI is InChI=1S/C4H9NO.2C4H10O3.2C2H6/c1-3(2)4(5)6;2*1-3(2)4(5,6)7;2*1-2/h3H,1-2H3,(H2,5,6);2*3,5-7H,1-2H3;2*1-2H3. The average Bonchev–Trinajstić information content (AvgIpc) is 2.42. The molecule has 0 rings (SSSR count). The van der Waals surface area contributed by atoms with E-state index in [0.29, 0.717) is 0 Å². The van der Waals surface area contributed by atoms with Crippen LogP contribution in [0.2, 0.25) is 0 Å². The maximum Gasteiger partial charge on any atom is 0.277 e. The van der Waals surface area contributed by atoms with Crippen molar-refractivity contribution in [3.8, 4) is 0 Å². The van der Waals surface area contributed by atoms with Crippen molar-refractivity contribution in [2.45, 2.75) is 81.2 Å². The second kappa shape index (κ2) is 18.6. The van der Waals surface area contributed by atoms with Gasteiger partial charge in [0.05, 0.1) is 0 Å². The van der Waals surface area contributed by atoms with E-state index in [4.69, 9.17) is 36.4 Å². The van der Waals surface area contributed by atoms with Crippen molar-refractivity contribution in [1.29, 1.82) is 0 Å². The van der Waals surface area contributed by atoms with Crippen LogP contribution < -0.4 is 5.73 Å². The van der Waals surface area contributed by atoms with Crippen molar-refractivity contribution in [3.05, 3.63) is 0 Å². The van der Waals surface area contributed by atoms with Gasteiger partial charge in [-0.3, -0.25) is 4.79 Å². The molecule has 0 fully saturated rings. The van der Waals surface area contributed by atoms with Gasteiger partial charge in [-0.25, -0.2) is 0 Å². The normalized spacial score (nSPS) is 10.3. The summed E-state index contributed by atoms with van der Waals surface area (Å²) in [5.41, 5.74) is 4.80. The molecular formula is C16H41NO7. The summed E-state index contributed by atoms with van der Waals surface area (Å²) in [6.45, 7) is 17.5. The maximum absolute atomic E-state index is 9.92. The van der Waals surface area contributed by atoms with Crippen LogP contribution in [-0.4, -0.2) is 48.5 Å². The van der Waals surface area contributed by atoms with Gasteiger partial charge in [0.1, 0.15) is 0 Å². The van der Waals surface area contributed by atoms with E-state index in [1.165, 1.54) is 27.7 Å². The summed E-state index contributed by atoms with van der Waals surface area (Å²) in [5.74, 6) is -6.32. The monoisotopic (exact) mass is 359 g/mol. The molecule has 1 amide bonds. The van der Waals surface area contributed by atoms with Gasteiger partial charge in [-0.05, 0) is 0 Å². The molecule has 0 radical (unpaired) electrons. The summed E-state index contributed by atoms with van der Waals surface area (Å²) in [7, 11) is 0. The van der Waals surface area contributed by atoms with E-state index in [2.05, 4.69) is 0 Å². The Balaban J connectivity index is -0.0000000681. The zero-order chi connectivity index (χ0) is 21.3. The molecular weight excluding hydrogens is 318 g/mol. The lowest BCUT2D eigenvalue weighted by molar-refractivity contribution is -0.336. The van der Waals surface area contributed by atoms with Crippen molar-refractivity contribution in [3.63, 3.8) is 0 Å². The van der Waals surface area contributed by atoms with Gasteiger partial charge in [0.25, 0.3) is 11.9 Å². The van der Waals surface area contributed by atoms with Gasteiger partial charge in [-0.2, -0.15) is 0 Å². The fourth-order valence-corrected chi connectivity index (χ4v) is 0. The van der Waals surface area contributed by atoms with Crippen LogP contribution >= 0.6 is 0 Å². The van der Waals surface area contributed by atoms with Gasteiger partial charge in [-0.1, -0.05) is 69.2 Å². The number of carbonyl (C=O) groups is 1. The summed E-state index contributed by atoms with van der Waals surface area (Å²) in [6.07, 6.45) is 0. The van der Waals surface area contributed by atoms with Crippen LogP contribution in [0.5, 0.6) is 0 Å². The van der Waals surface area contributed by atoms with Gasteiger partial charge in [-0.15, -0.1) is 0 Å². The lowest BCUT2D eigenvalue weighted by atomic mass is 10.2. The van der Waals surface area contributed by atoms with Crippen molar-refractivity contribution in [1.82, 2.24) is 0 Å². The molecule has 0 atom stereocenters. The molecule has 24 heavy (non-hydrogen) atoms. The molecule has 0 unspecified atom stereocenters. The first-order chi connectivity index (χ1) is 10.5. The minimum atomic E-state index is -2.50. The SMILES string of the molecule is CC.CC.CC(C)C(N)=O.CC(C)C(O)(O)O.CC(C)C(O)(O)O. The second-order valence-electron chi connectivity index (χ2n) is 5.24. The smallest absolute Gasteiger partial charge is 0.277 e. The molecule has 0 aliphatic rings. The molecule has 0 saturated carbocycles. The molecule has 0 aliphatic carbocycles. The quantitative estimate of drug-likeness (QED) is 0.365. The highest BCUT2D eigenvalue weighted by atomic mass is 16.7. The fourth-order valence-electron chi connectivity index (χ4n) is 0. The molecule has 8 heteroatoms. The van der Waals surface area contributed by atoms with Gasteiger partial charge >= 0.3 is 0 Å². The third-order valence-electron chi connectivity index (χ3n) is 2.12. The third-order valence-corrected chi connectivity index (χ3v) is 2.12. The Morgan fingerprint density at radius 2 is 0.750 bits per heavy atom. The molecule has 0 bridgehead atoms. The van der Waals surface area contributed by atoms with Crippen LogP contribution in [-0.2, 0) is 4.79 Å². The second-order valence-corrected chi connectivity index (χ2v) is 5.24. The summed E-state index contributed by atoms with van der Waals surface area (Å²) >= 11 is 0. The number of carbonyl (C=O) groups excluding carboxylic acids is 1. The molecule has 152 valence electrons. The van der Waals surface area contributed by atoms with Crippen LogP contribution in [0, 0.1) is 17.8 Å². The summed E-state index contributed by atoms with van der Waals surface area (Å²) in [4.78, 5) is 9.92. The number of hydrogen-bond donors (Lipinski definition) is 7. The van der Waals surface area contributed by atoms with Gasteiger partial charge in [0.15, 0.2) is 0 Å². The molecule has 0 aliphatic heterocycles. The molecule has 0 aromatic heterocycles. The molecule has 8 N–H and O–H groups in total. The fraction of sp³-hybridized carbons (Fsp3) is 0.938. The minimum Gasteiger partial charge on any atom is -0.369 e. The van der Waals surface area contributed by atoms with Crippen LogP contribution in [0.1, 0.15) is 69.2 Å². The summed E-state index contributed by atoms with van der Waals surface area (Å²) < 4.78 is 0. The van der Waals surface area contributed by atoms with Crippen molar-refractivity contribution in [2.24, 2.45) is 23.5 Å². The first-order valence-electron chi connectivity index (χ1n) is 8.16. The molecule has 0 heterocycles. The van der Waals surface area contributed by atoms with E-state index in [9.17, 15) is 4.79 Å². The lowest BCUT2D eigenvalue weighted by Crippen LogP contribution is -2.33. The van der Waals surface area contributed by atoms with E-state index in [-0.39, 0.29) is 11.8 Å². The van der Waals surface area contributed by atoms with Crippen LogP contribution in [0.25, 0.3) is 0 Å². The largest absolute Gasteiger partial charge is 0.369 e. The summed E-state index contributed by atoms with van der Waals surface area (Å²) in [5, 5.41) is 49.2. The molecule has 0 spiro atoms. The predicted molar refractivity (Wildman–Crippen MR) is 95.2 cm³/mol. The highest BCUT2D eigenvalue weighted by Gasteiger charge is 2.23. The number of amides is 1. The first kappa shape index (κ1) is 34.5. The zero-order valence-corrected chi connectivity index (χ0v) is 16.9. The topological polar surface area (TPSA) is 164 Å². The Morgan fingerprint density at radius 3 is 0.750 bits per heavy atom. The Labute approximate surface area is 147 Å². The van der Waals surface area contributed by atoms with E-state index in [1.807, 2.05) is 27.7 Å². The Kier molecular flexibility index (Phi) is 26.7. The number of aliphatic hydroxyl groups is 6. The Hall–Kier alpha value is -0.770. The van der Waals surface area contributed by atoms with Gasteiger partial charge in [0.2, 0.25) is 5.91 Å². The highest BCUT2D eigenvalue weighted by molar-refractivity contribution is 5.75. The summed E-state index contributed by atoms with van der Waals surface area (Å²) in [6, 6.07) is 0. The number of rotatable bonds is 3. The van der Waals surface area contributed by atoms with E-state index in [1.54, 1.807) is 13.8 Å². The number of nitrogens with two attached hydrogens (primary N) is 1. The third kappa shape index (κ3) is 37.5. The Morgan fingerprint density at radius 1 is 0.667 bits per heavy atom. The molecule has 0 aromatic carbocycles. The van der Waals surface area contributed by atoms with E-state index in [0.717, 1.165) is 0 Å². The minimum absolute atomic E-state index is 0.00926. The van der Waals surface area contributed by atoms with Crippen LogP contribution in [0.15, 0.2) is 0 Å². The van der Waals surface area contributed by atoms with E-state index >= 15 is 0 Å². The zero-order valence-electron chi connectivity index (χ0n) is 16.9. The van der Waals surface area contributed by atoms with Gasteiger partial charge in [0, 0.05) is 17.8 Å². The Bertz CT molecular complexity index is 236. The molecule has 8 nitrogen and oxygen atoms in total. The van der Waals surface area contributed by atoms with Crippen LogP contribution in [0.4, 0.5) is 0 Å². The molecule has 0 aromatic rings. The average molecular weight is 360 g/mol. The van der Waals surface area contributed by atoms with Crippen molar-refractivity contribution < 1.29 is 35.4 Å². The van der Waals surface area contributed by atoms with Crippen LogP contribution in [0.3, 0.4) is 0 Å². The molecule has 0 saturated heterocycles. The number of hydrogen-bond acceptors (Lipinski definition) is 7. The number of primary amides is 1. The maximum atomic E-state index is 9.92.